The molecule has 2 aliphatic heterocycles. The van der Waals surface area contributed by atoms with E-state index in [9.17, 15) is 19.2 Å². The Bertz CT molecular complexity index is 981. The van der Waals surface area contributed by atoms with Crippen LogP contribution in [-0.2, 0) is 20.8 Å². The van der Waals surface area contributed by atoms with Gasteiger partial charge in [0.05, 0.1) is 6.42 Å². The molecule has 0 bridgehead atoms. The van der Waals surface area contributed by atoms with Crippen LogP contribution in [0.3, 0.4) is 0 Å². The van der Waals surface area contributed by atoms with Crippen molar-refractivity contribution in [3.63, 3.8) is 0 Å². The van der Waals surface area contributed by atoms with Crippen LogP contribution in [0.15, 0.2) is 54.6 Å². The first kappa shape index (κ1) is 19.8. The molecule has 0 aliphatic carbocycles. The van der Waals surface area contributed by atoms with Crippen LogP contribution < -0.4 is 5.32 Å². The lowest BCUT2D eigenvalue weighted by atomic mass is 9.95. The van der Waals surface area contributed by atoms with Crippen molar-refractivity contribution in [2.75, 3.05) is 25.0 Å². The molecule has 2 aliphatic rings. The van der Waals surface area contributed by atoms with Crippen molar-refractivity contribution in [3.05, 3.63) is 65.7 Å². The number of para-hydroxylation sites is 1. The molecule has 154 valence electrons. The van der Waals surface area contributed by atoms with Crippen molar-refractivity contribution < 1.29 is 19.2 Å². The fourth-order valence-corrected chi connectivity index (χ4v) is 3.95. The molecule has 0 atom stereocenters. The highest BCUT2D eigenvalue weighted by Crippen LogP contribution is 2.22. The van der Waals surface area contributed by atoms with Gasteiger partial charge in [0.15, 0.2) is 0 Å². The fourth-order valence-electron chi connectivity index (χ4n) is 3.95. The summed E-state index contributed by atoms with van der Waals surface area (Å²) in [7, 11) is 0. The second-order valence-electron chi connectivity index (χ2n) is 7.63. The van der Waals surface area contributed by atoms with Gasteiger partial charge in [0.1, 0.15) is 6.54 Å². The predicted molar refractivity (Wildman–Crippen MR) is 111 cm³/mol. The maximum Gasteiger partial charge on any atom is 0.261 e. The van der Waals surface area contributed by atoms with Crippen LogP contribution >= 0.6 is 0 Å². The minimum atomic E-state index is -0.424. The molecular formula is C23H23N3O4. The first-order chi connectivity index (χ1) is 14.5. The van der Waals surface area contributed by atoms with Crippen LogP contribution in [0, 0.1) is 5.92 Å². The largest absolute Gasteiger partial charge is 0.341 e. The molecule has 4 rings (SSSR count). The molecule has 0 aromatic heterocycles. The average molecular weight is 405 g/mol. The minimum Gasteiger partial charge on any atom is -0.341 e. The van der Waals surface area contributed by atoms with E-state index in [0.717, 1.165) is 10.6 Å². The van der Waals surface area contributed by atoms with Gasteiger partial charge in [-0.25, -0.2) is 0 Å². The number of piperidine rings is 1. The van der Waals surface area contributed by atoms with Crippen molar-refractivity contribution in [2.45, 2.75) is 19.3 Å². The monoisotopic (exact) mass is 405 g/mol. The molecule has 30 heavy (non-hydrogen) atoms. The molecule has 0 radical (unpaired) electrons. The minimum absolute atomic E-state index is 0.0497. The summed E-state index contributed by atoms with van der Waals surface area (Å²) in [6.45, 7) is 0.601. The maximum atomic E-state index is 12.7. The number of likely N-dealkylation sites (tertiary alicyclic amines) is 1. The van der Waals surface area contributed by atoms with Crippen LogP contribution in [0.4, 0.5) is 5.69 Å². The molecule has 2 heterocycles. The third-order valence-corrected chi connectivity index (χ3v) is 5.69. The van der Waals surface area contributed by atoms with Gasteiger partial charge in [0.25, 0.3) is 5.91 Å². The molecule has 7 nitrogen and oxygen atoms in total. The van der Waals surface area contributed by atoms with Crippen molar-refractivity contribution in [1.82, 2.24) is 9.80 Å². The van der Waals surface area contributed by atoms with E-state index in [1.165, 1.54) is 0 Å². The van der Waals surface area contributed by atoms with E-state index in [1.807, 2.05) is 30.3 Å². The molecular weight excluding hydrogens is 382 g/mol. The number of benzene rings is 2. The number of amides is 4. The average Bonchev–Trinajstić information content (AvgIpc) is 2.77. The van der Waals surface area contributed by atoms with E-state index in [0.29, 0.717) is 37.1 Å². The van der Waals surface area contributed by atoms with Crippen molar-refractivity contribution >= 4 is 29.3 Å². The maximum absolute atomic E-state index is 12.7. The standard InChI is InChI=1S/C23H23N3O4/c27-20-14-17-6-4-5-9-19(17)23(30)26(20)15-21(28)25-12-10-16(11-13-25)22(29)24-18-7-2-1-3-8-18/h1-9,16H,10-15H2,(H,24,29). The van der Waals surface area contributed by atoms with Crippen molar-refractivity contribution in [2.24, 2.45) is 5.92 Å². The van der Waals surface area contributed by atoms with Gasteiger partial charge in [-0.1, -0.05) is 36.4 Å². The Kier molecular flexibility index (Phi) is 5.61. The molecule has 1 fully saturated rings. The van der Waals surface area contributed by atoms with Gasteiger partial charge in [-0.2, -0.15) is 0 Å². The topological polar surface area (TPSA) is 86.8 Å². The molecule has 0 spiro atoms. The zero-order valence-corrected chi connectivity index (χ0v) is 16.5. The van der Waals surface area contributed by atoms with Crippen molar-refractivity contribution in [3.8, 4) is 0 Å². The molecule has 0 saturated carbocycles. The summed E-state index contributed by atoms with van der Waals surface area (Å²) in [6, 6.07) is 16.2. The molecule has 4 amide bonds. The number of hydrogen-bond donors (Lipinski definition) is 1. The zero-order chi connectivity index (χ0) is 21.1. The van der Waals surface area contributed by atoms with E-state index < -0.39 is 5.91 Å². The lowest BCUT2D eigenvalue weighted by Gasteiger charge is -2.33. The lowest BCUT2D eigenvalue weighted by molar-refractivity contribution is -0.139. The quantitative estimate of drug-likeness (QED) is 0.789. The van der Waals surface area contributed by atoms with Gasteiger partial charge < -0.3 is 10.2 Å². The highest BCUT2D eigenvalue weighted by molar-refractivity contribution is 6.11. The van der Waals surface area contributed by atoms with Gasteiger partial charge in [0.2, 0.25) is 17.7 Å². The van der Waals surface area contributed by atoms with E-state index in [4.69, 9.17) is 0 Å². The highest BCUT2D eigenvalue weighted by Gasteiger charge is 2.34. The number of carbonyl (C=O) groups excluding carboxylic acids is 4. The summed E-state index contributed by atoms with van der Waals surface area (Å²) in [5.74, 6) is -1.26. The Labute approximate surface area is 174 Å². The third-order valence-electron chi connectivity index (χ3n) is 5.69. The SMILES string of the molecule is O=C(Nc1ccccc1)C1CCN(C(=O)CN2C(=O)Cc3ccccc3C2=O)CC1. The molecule has 2 aromatic carbocycles. The summed E-state index contributed by atoms with van der Waals surface area (Å²) >= 11 is 0. The van der Waals surface area contributed by atoms with Crippen LogP contribution in [-0.4, -0.2) is 53.1 Å². The fraction of sp³-hybridized carbons (Fsp3) is 0.304. The van der Waals surface area contributed by atoms with Crippen molar-refractivity contribution in [1.29, 1.82) is 0 Å². The number of nitrogens with zero attached hydrogens (tertiary/aromatic N) is 2. The van der Waals surface area contributed by atoms with Crippen LogP contribution in [0.5, 0.6) is 0 Å². The molecule has 1 N–H and O–H groups in total. The van der Waals surface area contributed by atoms with E-state index in [2.05, 4.69) is 5.32 Å². The number of carbonyl (C=O) groups is 4. The van der Waals surface area contributed by atoms with Gasteiger partial charge in [-0.3, -0.25) is 24.1 Å². The Hall–Kier alpha value is -3.48. The Morgan fingerprint density at radius 2 is 1.60 bits per heavy atom. The van der Waals surface area contributed by atoms with Gasteiger partial charge in [-0.15, -0.1) is 0 Å². The first-order valence-corrected chi connectivity index (χ1v) is 10.1. The number of hydrogen-bond acceptors (Lipinski definition) is 4. The molecule has 7 heteroatoms. The summed E-state index contributed by atoms with van der Waals surface area (Å²) < 4.78 is 0. The summed E-state index contributed by atoms with van der Waals surface area (Å²) in [5.41, 5.74) is 1.92. The summed E-state index contributed by atoms with van der Waals surface area (Å²) in [4.78, 5) is 52.9. The number of anilines is 1. The normalized spacial score (nSPS) is 16.9. The Balaban J connectivity index is 1.32. The first-order valence-electron chi connectivity index (χ1n) is 10.1. The van der Waals surface area contributed by atoms with Gasteiger partial charge in [0, 0.05) is 30.3 Å². The number of rotatable bonds is 4. The summed E-state index contributed by atoms with van der Waals surface area (Å²) in [6.07, 6.45) is 1.22. The van der Waals surface area contributed by atoms with E-state index >= 15 is 0 Å². The Morgan fingerprint density at radius 1 is 0.933 bits per heavy atom. The van der Waals surface area contributed by atoms with Gasteiger partial charge in [-0.05, 0) is 36.6 Å². The Morgan fingerprint density at radius 3 is 2.33 bits per heavy atom. The number of nitrogens with one attached hydrogen (secondary N) is 1. The molecule has 2 aromatic rings. The smallest absolute Gasteiger partial charge is 0.261 e. The number of imide groups is 1. The van der Waals surface area contributed by atoms with Crippen LogP contribution in [0.2, 0.25) is 0 Å². The molecule has 0 unspecified atom stereocenters. The number of fused-ring (bicyclic) bond motifs is 1. The lowest BCUT2D eigenvalue weighted by Crippen LogP contribution is -2.50. The zero-order valence-electron chi connectivity index (χ0n) is 16.5. The predicted octanol–water partition coefficient (Wildman–Crippen LogP) is 2.09. The van der Waals surface area contributed by atoms with E-state index in [1.54, 1.807) is 29.2 Å². The van der Waals surface area contributed by atoms with Gasteiger partial charge >= 0.3 is 0 Å². The summed E-state index contributed by atoms with van der Waals surface area (Å²) in [5, 5.41) is 2.90. The third kappa shape index (κ3) is 4.10. The van der Waals surface area contributed by atoms with Crippen LogP contribution in [0.1, 0.15) is 28.8 Å². The van der Waals surface area contributed by atoms with E-state index in [-0.39, 0.29) is 36.6 Å². The molecule has 1 saturated heterocycles. The second kappa shape index (κ2) is 8.49. The second-order valence-corrected chi connectivity index (χ2v) is 7.63. The highest BCUT2D eigenvalue weighted by atomic mass is 16.2. The van der Waals surface area contributed by atoms with Crippen LogP contribution in [0.25, 0.3) is 0 Å².